The normalized spacial score (nSPS) is 11.9. The lowest BCUT2D eigenvalue weighted by Gasteiger charge is -2.16. The van der Waals surface area contributed by atoms with Gasteiger partial charge in [-0.15, -0.1) is 0 Å². The van der Waals surface area contributed by atoms with E-state index in [9.17, 15) is 18.0 Å². The van der Waals surface area contributed by atoms with E-state index >= 15 is 0 Å². The fourth-order valence-corrected chi connectivity index (χ4v) is 3.22. The van der Waals surface area contributed by atoms with Gasteiger partial charge in [0.1, 0.15) is 5.65 Å². The highest BCUT2D eigenvalue weighted by Crippen LogP contribution is 2.35. The van der Waals surface area contributed by atoms with E-state index in [1.54, 1.807) is 12.1 Å². The topological polar surface area (TPSA) is 59.9 Å². The number of aromatic nitrogens is 3. The van der Waals surface area contributed by atoms with Gasteiger partial charge in [0.15, 0.2) is 4.77 Å². The minimum absolute atomic E-state index is 0.00587. The molecule has 2 heterocycles. The molecule has 0 unspecified atom stereocenters. The van der Waals surface area contributed by atoms with Crippen molar-refractivity contribution >= 4 is 23.3 Å². The molecule has 5 nitrogen and oxygen atoms in total. The summed E-state index contributed by atoms with van der Waals surface area (Å²) >= 11 is 5.14. The third kappa shape index (κ3) is 3.85. The number of H-pyrrole nitrogens is 1. The van der Waals surface area contributed by atoms with Gasteiger partial charge in [0, 0.05) is 12.7 Å². The van der Waals surface area contributed by atoms with Crippen molar-refractivity contribution in [2.24, 2.45) is 0 Å². The average Bonchev–Trinajstić information content (AvgIpc) is 2.66. The van der Waals surface area contributed by atoms with Gasteiger partial charge in [0.2, 0.25) is 0 Å². The van der Waals surface area contributed by atoms with E-state index in [-0.39, 0.29) is 29.3 Å². The first-order valence-electron chi connectivity index (χ1n) is 8.59. The van der Waals surface area contributed by atoms with Crippen LogP contribution in [-0.4, -0.2) is 28.3 Å². The Morgan fingerprint density at radius 2 is 1.93 bits per heavy atom. The van der Waals surface area contributed by atoms with Crippen molar-refractivity contribution in [1.82, 2.24) is 14.5 Å². The smallest absolute Gasteiger partial charge is 0.383 e. The number of hydrogen-bond donors (Lipinski definition) is 1. The third-order valence-corrected chi connectivity index (χ3v) is 4.75. The Morgan fingerprint density at radius 3 is 2.50 bits per heavy atom. The number of methoxy groups -OCH3 is 1. The molecule has 0 radical (unpaired) electrons. The molecule has 0 atom stereocenters. The van der Waals surface area contributed by atoms with Crippen LogP contribution in [0.3, 0.4) is 0 Å². The Labute approximate surface area is 163 Å². The summed E-state index contributed by atoms with van der Waals surface area (Å²) in [4.78, 5) is 19.0. The monoisotopic (exact) mass is 409 g/mol. The number of fused-ring (bicyclic) bond motifs is 1. The van der Waals surface area contributed by atoms with E-state index in [4.69, 9.17) is 17.0 Å². The second-order valence-electron chi connectivity index (χ2n) is 6.21. The first kappa shape index (κ1) is 20.2. The number of nitrogens with one attached hydrogen (secondary N) is 1. The van der Waals surface area contributed by atoms with E-state index in [0.29, 0.717) is 5.56 Å². The lowest BCUT2D eigenvalue weighted by Crippen LogP contribution is -2.21. The van der Waals surface area contributed by atoms with Gasteiger partial charge in [-0.25, -0.2) is 4.98 Å². The Hall–Kier alpha value is -2.52. The highest BCUT2D eigenvalue weighted by Gasteiger charge is 2.35. The van der Waals surface area contributed by atoms with Gasteiger partial charge in [-0.1, -0.05) is 31.2 Å². The summed E-state index contributed by atoms with van der Waals surface area (Å²) in [6.07, 6.45) is -3.92. The molecule has 0 fully saturated rings. The van der Waals surface area contributed by atoms with E-state index in [1.165, 1.54) is 11.7 Å². The van der Waals surface area contributed by atoms with Gasteiger partial charge < -0.3 is 9.30 Å². The quantitative estimate of drug-likeness (QED) is 0.637. The molecular weight excluding hydrogens is 391 g/mol. The minimum Gasteiger partial charge on any atom is -0.383 e. The number of halogens is 3. The Balaban J connectivity index is 2.37. The fourth-order valence-electron chi connectivity index (χ4n) is 2.95. The molecule has 148 valence electrons. The van der Waals surface area contributed by atoms with E-state index in [1.807, 2.05) is 19.1 Å². The number of nitrogens with zero attached hydrogens (tertiary/aromatic N) is 2. The van der Waals surface area contributed by atoms with Crippen LogP contribution in [0.25, 0.3) is 22.3 Å². The molecule has 9 heteroatoms. The van der Waals surface area contributed by atoms with Crippen LogP contribution >= 0.6 is 12.2 Å². The maximum Gasteiger partial charge on any atom is 0.417 e. The number of pyridine rings is 1. The van der Waals surface area contributed by atoms with Crippen molar-refractivity contribution in [3.05, 3.63) is 56.6 Å². The predicted molar refractivity (Wildman–Crippen MR) is 103 cm³/mol. The lowest BCUT2D eigenvalue weighted by atomic mass is 10.0. The lowest BCUT2D eigenvalue weighted by molar-refractivity contribution is -0.136. The Kier molecular flexibility index (Phi) is 5.66. The number of alkyl halides is 3. The molecular formula is C19H18F3N3O2S. The zero-order valence-corrected chi connectivity index (χ0v) is 16.1. The zero-order chi connectivity index (χ0) is 20.5. The average molecular weight is 409 g/mol. The van der Waals surface area contributed by atoms with Gasteiger partial charge >= 0.3 is 6.18 Å². The number of benzene rings is 1. The van der Waals surface area contributed by atoms with Crippen LogP contribution in [0.4, 0.5) is 13.2 Å². The standard InChI is InChI=1S/C19H18F3N3O2S/c1-3-11-4-6-12(7-5-11)14-10-13(19(20,21)22)15-16(23-14)25(8-9-27-2)18(28)24-17(15)26/h4-7,10H,3,8-9H2,1-2H3,(H,24,26,28). The third-order valence-electron chi connectivity index (χ3n) is 4.43. The van der Waals surface area contributed by atoms with Crippen LogP contribution in [0.15, 0.2) is 35.1 Å². The summed E-state index contributed by atoms with van der Waals surface area (Å²) < 4.78 is 47.6. The first-order chi connectivity index (χ1) is 13.3. The summed E-state index contributed by atoms with van der Waals surface area (Å²) in [7, 11) is 1.47. The van der Waals surface area contributed by atoms with Gasteiger partial charge in [0.25, 0.3) is 5.56 Å². The number of rotatable bonds is 5. The molecule has 0 saturated heterocycles. The van der Waals surface area contributed by atoms with Crippen molar-refractivity contribution in [3.8, 4) is 11.3 Å². The van der Waals surface area contributed by atoms with Gasteiger partial charge in [-0.2, -0.15) is 13.2 Å². The molecule has 1 N–H and O–H groups in total. The SMILES string of the molecule is CCc1ccc(-c2cc(C(F)(F)F)c3c(=O)[nH]c(=S)n(CCOC)c3n2)cc1. The number of aryl methyl sites for hydroxylation is 1. The van der Waals surface area contributed by atoms with E-state index in [2.05, 4.69) is 9.97 Å². The molecule has 28 heavy (non-hydrogen) atoms. The molecule has 0 amide bonds. The van der Waals surface area contributed by atoms with Crippen molar-refractivity contribution in [2.45, 2.75) is 26.1 Å². The summed E-state index contributed by atoms with van der Waals surface area (Å²) in [6.45, 7) is 2.35. The van der Waals surface area contributed by atoms with Crippen LogP contribution < -0.4 is 5.56 Å². The van der Waals surface area contributed by atoms with Crippen LogP contribution in [0.5, 0.6) is 0 Å². The molecule has 0 bridgehead atoms. The van der Waals surface area contributed by atoms with Gasteiger partial charge in [-0.3, -0.25) is 9.78 Å². The highest BCUT2D eigenvalue weighted by molar-refractivity contribution is 7.71. The van der Waals surface area contributed by atoms with E-state index in [0.717, 1.165) is 18.1 Å². The van der Waals surface area contributed by atoms with Gasteiger partial charge in [0.05, 0.1) is 29.8 Å². The number of ether oxygens (including phenoxy) is 1. The van der Waals surface area contributed by atoms with Gasteiger partial charge in [-0.05, 0) is 30.3 Å². The molecule has 0 aliphatic heterocycles. The molecule has 0 aliphatic rings. The molecule has 0 spiro atoms. The van der Waals surface area contributed by atoms with Crippen LogP contribution in [0, 0.1) is 4.77 Å². The van der Waals surface area contributed by atoms with Crippen molar-refractivity contribution < 1.29 is 17.9 Å². The summed E-state index contributed by atoms with van der Waals surface area (Å²) in [5, 5.41) is -0.536. The highest BCUT2D eigenvalue weighted by atomic mass is 32.1. The molecule has 0 aliphatic carbocycles. The second-order valence-corrected chi connectivity index (χ2v) is 6.59. The maximum atomic E-state index is 13.8. The first-order valence-corrected chi connectivity index (χ1v) is 9.00. The van der Waals surface area contributed by atoms with Crippen molar-refractivity contribution in [3.63, 3.8) is 0 Å². The minimum atomic E-state index is -4.73. The van der Waals surface area contributed by atoms with Crippen LogP contribution in [0.1, 0.15) is 18.1 Å². The Morgan fingerprint density at radius 1 is 1.25 bits per heavy atom. The zero-order valence-electron chi connectivity index (χ0n) is 15.3. The summed E-state index contributed by atoms with van der Waals surface area (Å²) in [5.74, 6) is 0. The summed E-state index contributed by atoms with van der Waals surface area (Å²) in [5.41, 5.74) is -0.381. The van der Waals surface area contributed by atoms with Crippen molar-refractivity contribution in [1.29, 1.82) is 0 Å². The predicted octanol–water partition coefficient (Wildman–Crippen LogP) is 4.35. The van der Waals surface area contributed by atoms with Crippen LogP contribution in [0.2, 0.25) is 0 Å². The maximum absolute atomic E-state index is 13.8. The summed E-state index contributed by atoms with van der Waals surface area (Å²) in [6, 6.07) is 8.01. The van der Waals surface area contributed by atoms with E-state index < -0.39 is 22.7 Å². The number of aromatic amines is 1. The number of hydrogen-bond acceptors (Lipinski definition) is 4. The fraction of sp³-hybridized carbons (Fsp3) is 0.316. The Bertz CT molecular complexity index is 1120. The van der Waals surface area contributed by atoms with Crippen molar-refractivity contribution in [2.75, 3.05) is 13.7 Å². The molecule has 1 aromatic carbocycles. The largest absolute Gasteiger partial charge is 0.417 e. The molecule has 3 aromatic rings. The second kappa shape index (κ2) is 7.84. The van der Waals surface area contributed by atoms with Crippen LogP contribution in [-0.2, 0) is 23.9 Å². The molecule has 0 saturated carbocycles. The molecule has 2 aromatic heterocycles. The molecule has 3 rings (SSSR count).